The van der Waals surface area contributed by atoms with Crippen LogP contribution in [0.15, 0.2) is 12.1 Å². The molecule has 8 heteroatoms. The lowest BCUT2D eigenvalue weighted by Gasteiger charge is -2.20. The van der Waals surface area contributed by atoms with Gasteiger partial charge in [-0.25, -0.2) is 0 Å². The van der Waals surface area contributed by atoms with E-state index in [2.05, 4.69) is 5.32 Å². The van der Waals surface area contributed by atoms with E-state index in [1.807, 2.05) is 0 Å². The van der Waals surface area contributed by atoms with Gasteiger partial charge in [-0.1, -0.05) is 11.6 Å². The molecular weight excluding hydrogens is 298 g/mol. The molecule has 0 radical (unpaired) electrons. The average molecular weight is 312 g/mol. The van der Waals surface area contributed by atoms with E-state index in [0.717, 1.165) is 31.4 Å². The van der Waals surface area contributed by atoms with Crippen LogP contribution in [-0.2, 0) is 4.74 Å². The van der Waals surface area contributed by atoms with Crippen LogP contribution in [0.2, 0.25) is 5.02 Å². The number of halogens is 1. The molecule has 0 aliphatic carbocycles. The Bertz CT molecular complexity index is 622. The number of amides is 1. The number of rotatable bonds is 3. The number of nitro benzene ring substituents is 1. The molecule has 0 spiro atoms. The fourth-order valence-corrected chi connectivity index (χ4v) is 3.15. The lowest BCUT2D eigenvalue weighted by Crippen LogP contribution is -2.41. The number of fused-ring (bicyclic) bond motifs is 2. The van der Waals surface area contributed by atoms with Gasteiger partial charge in [0.25, 0.3) is 11.6 Å². The molecule has 1 amide bonds. The molecule has 21 heavy (non-hydrogen) atoms. The molecule has 1 aromatic rings. The monoisotopic (exact) mass is 311 g/mol. The van der Waals surface area contributed by atoms with Gasteiger partial charge in [-0.05, 0) is 19.3 Å². The van der Waals surface area contributed by atoms with Crippen LogP contribution in [0.3, 0.4) is 0 Å². The van der Waals surface area contributed by atoms with Gasteiger partial charge in [0, 0.05) is 12.1 Å². The van der Waals surface area contributed by atoms with Gasteiger partial charge < -0.3 is 15.8 Å². The number of benzene rings is 1. The number of hydrogen-bond acceptors (Lipinski definition) is 5. The van der Waals surface area contributed by atoms with E-state index in [-0.39, 0.29) is 40.2 Å². The van der Waals surface area contributed by atoms with E-state index >= 15 is 0 Å². The molecule has 2 aliphatic rings. The van der Waals surface area contributed by atoms with Crippen LogP contribution in [0.1, 0.15) is 29.6 Å². The summed E-state index contributed by atoms with van der Waals surface area (Å²) < 4.78 is 5.66. The molecule has 0 saturated carbocycles. The van der Waals surface area contributed by atoms with Gasteiger partial charge in [0.2, 0.25) is 0 Å². The summed E-state index contributed by atoms with van der Waals surface area (Å²) in [6.07, 6.45) is 2.92. The Morgan fingerprint density at radius 1 is 1.48 bits per heavy atom. The zero-order chi connectivity index (χ0) is 15.1. The van der Waals surface area contributed by atoms with Crippen molar-refractivity contribution in [2.45, 2.75) is 37.5 Å². The van der Waals surface area contributed by atoms with Crippen LogP contribution in [-0.4, -0.2) is 29.1 Å². The molecule has 2 aliphatic heterocycles. The molecule has 7 nitrogen and oxygen atoms in total. The Morgan fingerprint density at radius 2 is 2.24 bits per heavy atom. The molecule has 2 fully saturated rings. The molecule has 3 unspecified atom stereocenters. The highest BCUT2D eigenvalue weighted by Gasteiger charge is 2.41. The van der Waals surface area contributed by atoms with E-state index in [0.29, 0.717) is 0 Å². The van der Waals surface area contributed by atoms with E-state index in [1.165, 1.54) is 0 Å². The first-order valence-corrected chi connectivity index (χ1v) is 7.03. The van der Waals surface area contributed by atoms with Crippen molar-refractivity contribution in [3.63, 3.8) is 0 Å². The number of ether oxygens (including phenoxy) is 1. The van der Waals surface area contributed by atoms with Crippen molar-refractivity contribution in [3.8, 4) is 0 Å². The summed E-state index contributed by atoms with van der Waals surface area (Å²) in [6, 6.07) is 2.20. The molecule has 0 aromatic heterocycles. The summed E-state index contributed by atoms with van der Waals surface area (Å²) in [6.45, 7) is 0. The predicted octanol–water partition coefficient (Wildman–Crippen LogP) is 1.88. The Hall–Kier alpha value is -1.86. The third-order valence-electron chi connectivity index (χ3n) is 3.99. The van der Waals surface area contributed by atoms with E-state index in [9.17, 15) is 14.9 Å². The maximum atomic E-state index is 12.3. The first kappa shape index (κ1) is 14.1. The maximum absolute atomic E-state index is 12.3. The number of nitrogens with zero attached hydrogens (tertiary/aromatic N) is 1. The topological polar surface area (TPSA) is 107 Å². The molecule has 2 heterocycles. The number of carbonyl (C=O) groups is 1. The van der Waals surface area contributed by atoms with Crippen LogP contribution in [0, 0.1) is 10.1 Å². The van der Waals surface area contributed by atoms with E-state index in [4.69, 9.17) is 22.1 Å². The zero-order valence-electron chi connectivity index (χ0n) is 11.0. The molecule has 3 N–H and O–H groups in total. The van der Waals surface area contributed by atoms with Gasteiger partial charge in [-0.3, -0.25) is 14.9 Å². The van der Waals surface area contributed by atoms with Crippen molar-refractivity contribution < 1.29 is 14.5 Å². The number of carbonyl (C=O) groups excluding carboxylic acids is 1. The molecule has 112 valence electrons. The number of hydrogen-bond donors (Lipinski definition) is 2. The number of nitrogens with two attached hydrogens (primary N) is 1. The van der Waals surface area contributed by atoms with Gasteiger partial charge in [0.15, 0.2) is 0 Å². The first-order chi connectivity index (χ1) is 9.95. The fourth-order valence-electron chi connectivity index (χ4n) is 2.93. The third-order valence-corrected chi connectivity index (χ3v) is 4.30. The molecule has 3 rings (SSSR count). The van der Waals surface area contributed by atoms with Crippen LogP contribution in [0.4, 0.5) is 11.4 Å². The largest absolute Gasteiger partial charge is 0.397 e. The molecule has 2 saturated heterocycles. The van der Waals surface area contributed by atoms with E-state index in [1.54, 1.807) is 0 Å². The number of nitro groups is 1. The second-order valence-corrected chi connectivity index (χ2v) is 5.74. The van der Waals surface area contributed by atoms with E-state index < -0.39 is 10.8 Å². The Balaban J connectivity index is 1.82. The van der Waals surface area contributed by atoms with Gasteiger partial charge >= 0.3 is 0 Å². The standard InChI is InChI=1S/C13H14ClN3O4/c14-9-4-6(17(19)20)3-8(12(9)15)13(18)16-10-5-7-1-2-11(10)21-7/h3-4,7,10-11H,1-2,5,15H2,(H,16,18). The quantitative estimate of drug-likeness (QED) is 0.503. The normalized spacial score (nSPS) is 26.8. The summed E-state index contributed by atoms with van der Waals surface area (Å²) in [7, 11) is 0. The molecule has 1 aromatic carbocycles. The Kier molecular flexibility index (Phi) is 3.46. The summed E-state index contributed by atoms with van der Waals surface area (Å²) in [5.74, 6) is -0.459. The van der Waals surface area contributed by atoms with Crippen molar-refractivity contribution in [1.29, 1.82) is 0 Å². The van der Waals surface area contributed by atoms with Crippen molar-refractivity contribution in [3.05, 3.63) is 32.8 Å². The lowest BCUT2D eigenvalue weighted by atomic mass is 9.95. The predicted molar refractivity (Wildman–Crippen MR) is 76.3 cm³/mol. The van der Waals surface area contributed by atoms with Crippen LogP contribution >= 0.6 is 11.6 Å². The Labute approximate surface area is 125 Å². The minimum atomic E-state index is -0.608. The lowest BCUT2D eigenvalue weighted by molar-refractivity contribution is -0.384. The number of nitrogen functional groups attached to an aromatic ring is 1. The number of nitrogens with one attached hydrogen (secondary N) is 1. The minimum absolute atomic E-state index is 0.00135. The van der Waals surface area contributed by atoms with Crippen molar-refractivity contribution in [1.82, 2.24) is 5.32 Å². The van der Waals surface area contributed by atoms with Crippen LogP contribution in [0.5, 0.6) is 0 Å². The van der Waals surface area contributed by atoms with Crippen molar-refractivity contribution in [2.75, 3.05) is 5.73 Å². The minimum Gasteiger partial charge on any atom is -0.397 e. The maximum Gasteiger partial charge on any atom is 0.271 e. The summed E-state index contributed by atoms with van der Waals surface area (Å²) >= 11 is 5.85. The van der Waals surface area contributed by atoms with Crippen molar-refractivity contribution in [2.24, 2.45) is 0 Å². The molecule has 2 bridgehead atoms. The highest BCUT2D eigenvalue weighted by Crippen LogP contribution is 2.35. The summed E-state index contributed by atoms with van der Waals surface area (Å²) in [4.78, 5) is 22.5. The highest BCUT2D eigenvalue weighted by atomic mass is 35.5. The third kappa shape index (κ3) is 2.54. The summed E-state index contributed by atoms with van der Waals surface area (Å²) in [5, 5.41) is 13.7. The fraction of sp³-hybridized carbons (Fsp3) is 0.462. The smallest absolute Gasteiger partial charge is 0.271 e. The molecule has 3 atom stereocenters. The van der Waals surface area contributed by atoms with Gasteiger partial charge in [0.1, 0.15) is 0 Å². The van der Waals surface area contributed by atoms with Crippen LogP contribution < -0.4 is 11.1 Å². The second-order valence-electron chi connectivity index (χ2n) is 5.34. The van der Waals surface area contributed by atoms with Gasteiger partial charge in [0.05, 0.1) is 39.4 Å². The first-order valence-electron chi connectivity index (χ1n) is 6.65. The van der Waals surface area contributed by atoms with Crippen molar-refractivity contribution >= 4 is 28.9 Å². The zero-order valence-corrected chi connectivity index (χ0v) is 11.8. The molecular formula is C13H14ClN3O4. The number of non-ortho nitro benzene ring substituents is 1. The van der Waals surface area contributed by atoms with Gasteiger partial charge in [-0.15, -0.1) is 0 Å². The SMILES string of the molecule is Nc1c(Cl)cc([N+](=O)[O-])cc1C(=O)NC1CC2CCC1O2. The Morgan fingerprint density at radius 3 is 2.81 bits per heavy atom. The van der Waals surface area contributed by atoms with Crippen LogP contribution in [0.25, 0.3) is 0 Å². The highest BCUT2D eigenvalue weighted by molar-refractivity contribution is 6.34. The second kappa shape index (κ2) is 5.16. The summed E-state index contributed by atoms with van der Waals surface area (Å²) in [5.41, 5.74) is 5.57. The number of anilines is 1. The van der Waals surface area contributed by atoms with Gasteiger partial charge in [-0.2, -0.15) is 0 Å². The average Bonchev–Trinajstić information content (AvgIpc) is 3.03.